The topological polar surface area (TPSA) is 54.9 Å². The Morgan fingerprint density at radius 2 is 2.08 bits per heavy atom. The predicted molar refractivity (Wildman–Crippen MR) is 117 cm³/mol. The lowest BCUT2D eigenvalue weighted by atomic mass is 10.0. The summed E-state index contributed by atoms with van der Waals surface area (Å²) < 4.78 is 11.2. The van der Waals surface area contributed by atoms with E-state index in [-0.39, 0.29) is 36.1 Å². The Balaban J connectivity index is 0.00000243. The molecule has 142 valence electrons. The van der Waals surface area contributed by atoms with Gasteiger partial charge in [-0.1, -0.05) is 42.5 Å². The van der Waals surface area contributed by atoms with Crippen LogP contribution in [-0.4, -0.2) is 45.0 Å². The van der Waals surface area contributed by atoms with Gasteiger partial charge < -0.3 is 20.1 Å². The lowest BCUT2D eigenvalue weighted by Gasteiger charge is -2.20. The number of aliphatic imine (C=N–C) groups is 1. The Kier molecular flexibility index (Phi) is 8.61. The molecule has 0 radical (unpaired) electrons. The molecule has 2 atom stereocenters. The third-order valence-corrected chi connectivity index (χ3v) is 4.40. The molecule has 2 aromatic rings. The van der Waals surface area contributed by atoms with Gasteiger partial charge in [-0.3, -0.25) is 4.99 Å². The first-order chi connectivity index (χ1) is 12.3. The molecule has 0 amide bonds. The van der Waals surface area contributed by atoms with Crippen molar-refractivity contribution >= 4 is 40.7 Å². The minimum absolute atomic E-state index is 0. The number of fused-ring (bicyclic) bond motifs is 1. The van der Waals surface area contributed by atoms with Crippen LogP contribution in [0.5, 0.6) is 0 Å². The molecule has 6 heteroatoms. The molecule has 1 saturated heterocycles. The molecule has 1 aliphatic rings. The Labute approximate surface area is 172 Å². The molecule has 2 N–H and O–H groups in total. The van der Waals surface area contributed by atoms with Crippen LogP contribution in [0.15, 0.2) is 47.5 Å². The largest absolute Gasteiger partial charge is 0.379 e. The monoisotopic (exact) mass is 469 g/mol. The fraction of sp³-hybridized carbons (Fsp3) is 0.450. The highest BCUT2D eigenvalue weighted by molar-refractivity contribution is 14.0. The van der Waals surface area contributed by atoms with Crippen LogP contribution in [0.2, 0.25) is 0 Å². The normalized spacial score (nSPS) is 18.4. The number of nitrogens with zero attached hydrogens (tertiary/aromatic N) is 1. The summed E-state index contributed by atoms with van der Waals surface area (Å²) in [5, 5.41) is 9.30. The smallest absolute Gasteiger partial charge is 0.191 e. The van der Waals surface area contributed by atoms with E-state index in [1.807, 2.05) is 0 Å². The number of rotatable bonds is 6. The molecule has 1 heterocycles. The number of guanidine groups is 1. The van der Waals surface area contributed by atoms with Crippen molar-refractivity contribution in [2.45, 2.75) is 32.0 Å². The van der Waals surface area contributed by atoms with Gasteiger partial charge in [-0.15, -0.1) is 24.0 Å². The van der Waals surface area contributed by atoms with Gasteiger partial charge in [0, 0.05) is 26.2 Å². The second-order valence-corrected chi connectivity index (χ2v) is 6.43. The number of benzene rings is 2. The fourth-order valence-corrected chi connectivity index (χ4v) is 3.02. The van der Waals surface area contributed by atoms with Crippen LogP contribution < -0.4 is 10.6 Å². The Hall–Kier alpha value is -1.38. The van der Waals surface area contributed by atoms with Gasteiger partial charge >= 0.3 is 0 Å². The molecule has 0 saturated carbocycles. The Morgan fingerprint density at radius 3 is 2.85 bits per heavy atom. The number of hydrogen-bond acceptors (Lipinski definition) is 3. The first-order valence-electron chi connectivity index (χ1n) is 8.89. The van der Waals surface area contributed by atoms with E-state index in [9.17, 15) is 0 Å². The van der Waals surface area contributed by atoms with Gasteiger partial charge in [0.1, 0.15) is 0 Å². The third kappa shape index (κ3) is 5.82. The molecule has 3 rings (SSSR count). The molecule has 2 aromatic carbocycles. The van der Waals surface area contributed by atoms with Crippen LogP contribution in [0.4, 0.5) is 0 Å². The molecule has 1 aliphatic heterocycles. The Bertz CT molecular complexity index is 712. The summed E-state index contributed by atoms with van der Waals surface area (Å²) in [4.78, 5) is 4.32. The maximum absolute atomic E-state index is 5.86. The minimum Gasteiger partial charge on any atom is -0.379 e. The van der Waals surface area contributed by atoms with Crippen molar-refractivity contribution in [1.29, 1.82) is 0 Å². The van der Waals surface area contributed by atoms with Crippen LogP contribution in [0.1, 0.15) is 18.9 Å². The first kappa shape index (κ1) is 20.9. The van der Waals surface area contributed by atoms with Gasteiger partial charge in [-0.05, 0) is 29.7 Å². The molecule has 2 unspecified atom stereocenters. The van der Waals surface area contributed by atoms with E-state index in [4.69, 9.17) is 9.47 Å². The highest BCUT2D eigenvalue weighted by Crippen LogP contribution is 2.18. The van der Waals surface area contributed by atoms with Crippen LogP contribution in [0.25, 0.3) is 10.8 Å². The number of ether oxygens (including phenoxy) is 2. The SMILES string of the molecule is CN=C(NCc1cccc2ccccc12)NC(C)COC1CCOC1.I. The van der Waals surface area contributed by atoms with Gasteiger partial charge in [0.25, 0.3) is 0 Å². The van der Waals surface area contributed by atoms with Gasteiger partial charge in [0.2, 0.25) is 0 Å². The molecule has 0 aromatic heterocycles. The summed E-state index contributed by atoms with van der Waals surface area (Å²) in [6.45, 7) is 4.98. The van der Waals surface area contributed by atoms with Crippen molar-refractivity contribution < 1.29 is 9.47 Å². The summed E-state index contributed by atoms with van der Waals surface area (Å²) in [7, 11) is 1.79. The molecule has 1 fully saturated rings. The maximum atomic E-state index is 5.86. The van der Waals surface area contributed by atoms with E-state index >= 15 is 0 Å². The van der Waals surface area contributed by atoms with Crippen molar-refractivity contribution in [2.75, 3.05) is 26.9 Å². The average molecular weight is 469 g/mol. The summed E-state index contributed by atoms with van der Waals surface area (Å²) in [6, 6.07) is 15.0. The first-order valence-corrected chi connectivity index (χ1v) is 8.89. The zero-order valence-electron chi connectivity index (χ0n) is 15.4. The maximum Gasteiger partial charge on any atom is 0.191 e. The minimum atomic E-state index is 0. The molecule has 0 bridgehead atoms. The van der Waals surface area contributed by atoms with Gasteiger partial charge in [0.05, 0.1) is 19.3 Å². The molecular formula is C20H28IN3O2. The number of nitrogens with one attached hydrogen (secondary N) is 2. The molecule has 0 aliphatic carbocycles. The molecule has 0 spiro atoms. The standard InChI is InChI=1S/C20H27N3O2.HI/c1-15(13-25-18-10-11-24-14-18)23-20(21-2)22-12-17-8-5-7-16-6-3-4-9-19(16)17;/h3-9,15,18H,10-14H2,1-2H3,(H2,21,22,23);1H. The van der Waals surface area contributed by atoms with E-state index in [1.54, 1.807) is 7.05 Å². The zero-order valence-corrected chi connectivity index (χ0v) is 17.7. The summed E-state index contributed by atoms with van der Waals surface area (Å²) in [5.74, 6) is 0.784. The van der Waals surface area contributed by atoms with Crippen LogP contribution in [0, 0.1) is 0 Å². The van der Waals surface area contributed by atoms with Crippen LogP contribution >= 0.6 is 24.0 Å². The molecule has 26 heavy (non-hydrogen) atoms. The van der Waals surface area contributed by atoms with Crippen molar-refractivity contribution in [1.82, 2.24) is 10.6 Å². The Morgan fingerprint density at radius 1 is 1.27 bits per heavy atom. The molecule has 5 nitrogen and oxygen atoms in total. The lowest BCUT2D eigenvalue weighted by Crippen LogP contribution is -2.44. The highest BCUT2D eigenvalue weighted by Gasteiger charge is 2.17. The quantitative estimate of drug-likeness (QED) is 0.387. The number of halogens is 1. The fourth-order valence-electron chi connectivity index (χ4n) is 3.02. The van der Waals surface area contributed by atoms with Gasteiger partial charge in [-0.25, -0.2) is 0 Å². The van der Waals surface area contributed by atoms with Crippen molar-refractivity contribution in [2.24, 2.45) is 4.99 Å². The van der Waals surface area contributed by atoms with Crippen LogP contribution in [0.3, 0.4) is 0 Å². The lowest BCUT2D eigenvalue weighted by molar-refractivity contribution is 0.0347. The van der Waals surface area contributed by atoms with Gasteiger partial charge in [-0.2, -0.15) is 0 Å². The van der Waals surface area contributed by atoms with E-state index in [0.29, 0.717) is 13.2 Å². The summed E-state index contributed by atoms with van der Waals surface area (Å²) in [6.07, 6.45) is 1.22. The third-order valence-electron chi connectivity index (χ3n) is 4.40. The second kappa shape index (κ2) is 10.7. The van der Waals surface area contributed by atoms with E-state index in [0.717, 1.165) is 25.5 Å². The van der Waals surface area contributed by atoms with Crippen molar-refractivity contribution in [3.8, 4) is 0 Å². The van der Waals surface area contributed by atoms with E-state index in [2.05, 4.69) is 65.0 Å². The second-order valence-electron chi connectivity index (χ2n) is 6.43. The average Bonchev–Trinajstić information content (AvgIpc) is 3.17. The number of hydrogen-bond donors (Lipinski definition) is 2. The highest BCUT2D eigenvalue weighted by atomic mass is 127. The van der Waals surface area contributed by atoms with E-state index in [1.165, 1.54) is 16.3 Å². The summed E-state index contributed by atoms with van der Waals surface area (Å²) >= 11 is 0. The van der Waals surface area contributed by atoms with E-state index < -0.39 is 0 Å². The predicted octanol–water partition coefficient (Wildman–Crippen LogP) is 3.32. The molecular weight excluding hydrogens is 441 g/mol. The van der Waals surface area contributed by atoms with Crippen molar-refractivity contribution in [3.63, 3.8) is 0 Å². The zero-order chi connectivity index (χ0) is 17.5. The van der Waals surface area contributed by atoms with Crippen molar-refractivity contribution in [3.05, 3.63) is 48.0 Å². The summed E-state index contributed by atoms with van der Waals surface area (Å²) in [5.41, 5.74) is 1.26. The van der Waals surface area contributed by atoms with Crippen LogP contribution in [-0.2, 0) is 16.0 Å². The van der Waals surface area contributed by atoms with Gasteiger partial charge in [0.15, 0.2) is 5.96 Å².